The molecule has 6 N–H and O–H groups in total. The molecule has 3 amide bonds. The van der Waals surface area contributed by atoms with Crippen molar-refractivity contribution >= 4 is 35.3 Å². The lowest BCUT2D eigenvalue weighted by Gasteiger charge is -2.23. The minimum absolute atomic E-state index is 0.0870. The lowest BCUT2D eigenvalue weighted by Crippen LogP contribution is -2.55. The lowest BCUT2D eigenvalue weighted by molar-refractivity contribution is -0.140. The summed E-state index contributed by atoms with van der Waals surface area (Å²) in [6.07, 6.45) is 0.986. The van der Waals surface area contributed by atoms with Crippen LogP contribution in [0, 0.1) is 0 Å². The van der Waals surface area contributed by atoms with Crippen molar-refractivity contribution in [2.45, 2.75) is 57.3 Å². The SMILES string of the molecule is C[C@H](NC(=O)[C@H](C)NC(CCc1ccccc1)C(=O)O)C(=O)NC(=O)[C@H](Cc1ccccc1)Nc1ccc(C(=O)O)cc1. The number of hydrogen-bond donors (Lipinski definition) is 6. The first-order valence-electron chi connectivity index (χ1n) is 13.8. The van der Waals surface area contributed by atoms with E-state index < -0.39 is 53.8 Å². The van der Waals surface area contributed by atoms with E-state index in [9.17, 15) is 29.1 Å². The van der Waals surface area contributed by atoms with E-state index in [1.165, 1.54) is 38.1 Å². The van der Waals surface area contributed by atoms with Gasteiger partial charge < -0.3 is 20.8 Å². The summed E-state index contributed by atoms with van der Waals surface area (Å²) in [4.78, 5) is 61.8. The third-order valence-corrected chi connectivity index (χ3v) is 6.78. The van der Waals surface area contributed by atoms with Gasteiger partial charge in [-0.2, -0.15) is 0 Å². The van der Waals surface area contributed by atoms with Crippen molar-refractivity contribution in [3.8, 4) is 0 Å². The molecule has 0 saturated carbocycles. The maximum atomic E-state index is 13.2. The van der Waals surface area contributed by atoms with Gasteiger partial charge in [-0.15, -0.1) is 0 Å². The molecule has 0 aromatic heterocycles. The standard InChI is InChI=1S/C32H36N4O7/c1-20(33-26(32(42)43)18-13-22-9-5-3-6-10-22)28(37)34-21(2)29(38)36-30(39)27(19-23-11-7-4-8-12-23)35-25-16-14-24(15-17-25)31(40)41/h3-12,14-17,20-21,26-27,33,35H,13,18-19H2,1-2H3,(H,34,37)(H,40,41)(H,42,43)(H,36,38,39)/t20-,21-,26?,27-/m0/s1. The van der Waals surface area contributed by atoms with E-state index >= 15 is 0 Å². The van der Waals surface area contributed by atoms with E-state index in [0.717, 1.165) is 11.1 Å². The highest BCUT2D eigenvalue weighted by Gasteiger charge is 2.27. The van der Waals surface area contributed by atoms with Gasteiger partial charge in [0.2, 0.25) is 17.7 Å². The number of carboxylic acid groups (broad SMARTS) is 2. The fourth-order valence-corrected chi connectivity index (χ4v) is 4.30. The number of nitrogens with one attached hydrogen (secondary N) is 4. The number of imide groups is 1. The van der Waals surface area contributed by atoms with Crippen LogP contribution in [0.1, 0.15) is 41.8 Å². The van der Waals surface area contributed by atoms with Gasteiger partial charge in [0.25, 0.3) is 0 Å². The molecular weight excluding hydrogens is 552 g/mol. The Morgan fingerprint density at radius 1 is 0.674 bits per heavy atom. The molecule has 0 bridgehead atoms. The normalized spacial score (nSPS) is 13.5. The van der Waals surface area contributed by atoms with Gasteiger partial charge in [0.05, 0.1) is 11.6 Å². The molecule has 226 valence electrons. The number of rotatable bonds is 15. The summed E-state index contributed by atoms with van der Waals surface area (Å²) < 4.78 is 0. The summed E-state index contributed by atoms with van der Waals surface area (Å²) in [5, 5.41) is 29.5. The van der Waals surface area contributed by atoms with Crippen molar-refractivity contribution in [2.24, 2.45) is 0 Å². The number of carbonyl (C=O) groups excluding carboxylic acids is 3. The van der Waals surface area contributed by atoms with Crippen LogP contribution in [0.2, 0.25) is 0 Å². The molecule has 0 radical (unpaired) electrons. The Hall–Kier alpha value is -5.03. The average molecular weight is 589 g/mol. The van der Waals surface area contributed by atoms with Crippen LogP contribution in [0.4, 0.5) is 5.69 Å². The lowest BCUT2D eigenvalue weighted by atomic mass is 10.0. The second-order valence-electron chi connectivity index (χ2n) is 10.2. The third kappa shape index (κ3) is 10.4. The molecule has 1 unspecified atom stereocenters. The van der Waals surface area contributed by atoms with Crippen molar-refractivity contribution in [2.75, 3.05) is 5.32 Å². The number of aromatic carboxylic acids is 1. The Morgan fingerprint density at radius 2 is 1.26 bits per heavy atom. The van der Waals surface area contributed by atoms with Crippen LogP contribution in [-0.2, 0) is 32.0 Å². The zero-order valence-corrected chi connectivity index (χ0v) is 23.9. The topological polar surface area (TPSA) is 174 Å². The van der Waals surface area contributed by atoms with Crippen molar-refractivity contribution in [3.05, 3.63) is 102 Å². The summed E-state index contributed by atoms with van der Waals surface area (Å²) >= 11 is 0. The average Bonchev–Trinajstić information content (AvgIpc) is 2.99. The summed E-state index contributed by atoms with van der Waals surface area (Å²) in [6.45, 7) is 2.92. The number of aryl methyl sites for hydroxylation is 1. The summed E-state index contributed by atoms with van der Waals surface area (Å²) in [7, 11) is 0. The number of aliphatic carboxylic acids is 1. The highest BCUT2D eigenvalue weighted by Crippen LogP contribution is 2.14. The molecule has 3 rings (SSSR count). The molecule has 11 nitrogen and oxygen atoms in total. The smallest absolute Gasteiger partial charge is 0.335 e. The van der Waals surface area contributed by atoms with Crippen molar-refractivity contribution in [1.82, 2.24) is 16.0 Å². The molecule has 0 aliphatic rings. The molecular formula is C32H36N4O7. The molecule has 0 fully saturated rings. The van der Waals surface area contributed by atoms with Gasteiger partial charge in [-0.05, 0) is 62.1 Å². The van der Waals surface area contributed by atoms with Crippen LogP contribution in [0.25, 0.3) is 0 Å². The second-order valence-corrected chi connectivity index (χ2v) is 10.2. The van der Waals surface area contributed by atoms with Crippen LogP contribution in [0.15, 0.2) is 84.9 Å². The van der Waals surface area contributed by atoms with E-state index in [4.69, 9.17) is 5.11 Å². The Bertz CT molecular complexity index is 1400. The minimum Gasteiger partial charge on any atom is -0.480 e. The maximum absolute atomic E-state index is 13.2. The van der Waals surface area contributed by atoms with Gasteiger partial charge >= 0.3 is 11.9 Å². The maximum Gasteiger partial charge on any atom is 0.335 e. The van der Waals surface area contributed by atoms with Gasteiger partial charge in [0.1, 0.15) is 18.1 Å². The predicted octanol–water partition coefficient (Wildman–Crippen LogP) is 2.62. The predicted molar refractivity (Wildman–Crippen MR) is 160 cm³/mol. The summed E-state index contributed by atoms with van der Waals surface area (Å²) in [6, 6.07) is 20.5. The number of amides is 3. The molecule has 0 aliphatic carbocycles. The Labute approximate surface area is 249 Å². The largest absolute Gasteiger partial charge is 0.480 e. The molecule has 11 heteroatoms. The minimum atomic E-state index is -1.10. The summed E-state index contributed by atoms with van der Waals surface area (Å²) in [5.41, 5.74) is 2.37. The molecule has 3 aromatic carbocycles. The molecule has 3 aromatic rings. The highest BCUT2D eigenvalue weighted by molar-refractivity contribution is 6.02. The first-order chi connectivity index (χ1) is 20.5. The molecule has 0 spiro atoms. The van der Waals surface area contributed by atoms with Crippen molar-refractivity contribution in [3.63, 3.8) is 0 Å². The van der Waals surface area contributed by atoms with E-state index in [2.05, 4.69) is 21.3 Å². The fraction of sp³-hybridized carbons (Fsp3) is 0.281. The second kappa shape index (κ2) is 15.8. The number of benzene rings is 3. The molecule has 0 saturated heterocycles. The Morgan fingerprint density at radius 3 is 1.81 bits per heavy atom. The third-order valence-electron chi connectivity index (χ3n) is 6.78. The molecule has 0 aliphatic heterocycles. The number of carbonyl (C=O) groups is 5. The fourth-order valence-electron chi connectivity index (χ4n) is 4.30. The Balaban J connectivity index is 1.59. The number of hydrogen-bond acceptors (Lipinski definition) is 7. The quantitative estimate of drug-likeness (QED) is 0.156. The van der Waals surface area contributed by atoms with Gasteiger partial charge in [-0.3, -0.25) is 29.8 Å². The van der Waals surface area contributed by atoms with Gasteiger partial charge in [-0.1, -0.05) is 60.7 Å². The van der Waals surface area contributed by atoms with E-state index in [0.29, 0.717) is 12.1 Å². The van der Waals surface area contributed by atoms with Crippen LogP contribution in [0.3, 0.4) is 0 Å². The van der Waals surface area contributed by atoms with Crippen molar-refractivity contribution < 1.29 is 34.2 Å². The van der Waals surface area contributed by atoms with Crippen LogP contribution in [0.5, 0.6) is 0 Å². The highest BCUT2D eigenvalue weighted by atomic mass is 16.4. The van der Waals surface area contributed by atoms with E-state index in [-0.39, 0.29) is 18.4 Å². The van der Waals surface area contributed by atoms with Crippen LogP contribution < -0.4 is 21.3 Å². The van der Waals surface area contributed by atoms with Gasteiger partial charge in [0.15, 0.2) is 0 Å². The monoisotopic (exact) mass is 588 g/mol. The first-order valence-corrected chi connectivity index (χ1v) is 13.8. The first kappa shape index (κ1) is 32.5. The van der Waals surface area contributed by atoms with Gasteiger partial charge in [-0.25, -0.2) is 4.79 Å². The molecule has 0 heterocycles. The number of carboxylic acids is 2. The van der Waals surface area contributed by atoms with Crippen molar-refractivity contribution in [1.29, 1.82) is 0 Å². The Kier molecular flexibility index (Phi) is 12.0. The summed E-state index contributed by atoms with van der Waals surface area (Å²) in [5.74, 6) is -4.16. The zero-order valence-electron chi connectivity index (χ0n) is 23.9. The zero-order chi connectivity index (χ0) is 31.4. The van der Waals surface area contributed by atoms with E-state index in [1.807, 2.05) is 60.7 Å². The van der Waals surface area contributed by atoms with Crippen LogP contribution in [-0.4, -0.2) is 64.0 Å². The van der Waals surface area contributed by atoms with E-state index in [1.54, 1.807) is 0 Å². The molecule has 4 atom stereocenters. The van der Waals surface area contributed by atoms with Crippen LogP contribution >= 0.6 is 0 Å². The number of anilines is 1. The molecule has 43 heavy (non-hydrogen) atoms. The van der Waals surface area contributed by atoms with Gasteiger partial charge in [0, 0.05) is 12.1 Å².